The van der Waals surface area contributed by atoms with E-state index >= 15 is 0 Å². The van der Waals surface area contributed by atoms with E-state index in [2.05, 4.69) is 15.3 Å². The van der Waals surface area contributed by atoms with Gasteiger partial charge in [-0.25, -0.2) is 9.18 Å². The third kappa shape index (κ3) is 4.04. The highest BCUT2D eigenvalue weighted by Gasteiger charge is 2.12. The highest BCUT2D eigenvalue weighted by atomic mass is 19.1. The monoisotopic (exact) mass is 347 g/mol. The quantitative estimate of drug-likeness (QED) is 0.597. The average Bonchev–Trinajstić information content (AvgIpc) is 3.01. The lowest BCUT2D eigenvalue weighted by Gasteiger charge is -2.13. The molecule has 2 aromatic heterocycles. The molecule has 0 aliphatic carbocycles. The van der Waals surface area contributed by atoms with Crippen LogP contribution < -0.4 is 15.8 Å². The van der Waals surface area contributed by atoms with Crippen molar-refractivity contribution in [2.24, 2.45) is 0 Å². The Hall–Kier alpha value is -2.71. The van der Waals surface area contributed by atoms with E-state index in [0.717, 1.165) is 0 Å². The Morgan fingerprint density at radius 2 is 2.32 bits per heavy atom. The van der Waals surface area contributed by atoms with Crippen LogP contribution in [0.25, 0.3) is 10.9 Å². The molecule has 0 aliphatic rings. The summed E-state index contributed by atoms with van der Waals surface area (Å²) in [6, 6.07) is 5.26. The molecule has 8 heteroatoms. The Balaban J connectivity index is 1.68. The van der Waals surface area contributed by atoms with Gasteiger partial charge in [0, 0.05) is 36.7 Å². The number of nitrogens with one attached hydrogen (secondary N) is 2. The molecule has 0 spiro atoms. The minimum atomic E-state index is -0.773. The van der Waals surface area contributed by atoms with Gasteiger partial charge in [-0.15, -0.1) is 0 Å². The molecule has 0 amide bonds. The zero-order chi connectivity index (χ0) is 17.8. The van der Waals surface area contributed by atoms with Crippen molar-refractivity contribution in [3.05, 3.63) is 58.3 Å². The molecule has 0 aliphatic heterocycles. The number of rotatable bonds is 7. The summed E-state index contributed by atoms with van der Waals surface area (Å²) in [6.45, 7) is 0.425. The Morgan fingerprint density at radius 3 is 3.04 bits per heavy atom. The molecule has 1 unspecified atom stereocenters. The summed E-state index contributed by atoms with van der Waals surface area (Å²) in [4.78, 5) is 17.3. The second kappa shape index (κ2) is 7.45. The lowest BCUT2D eigenvalue weighted by Crippen LogP contribution is -2.28. The highest BCUT2D eigenvalue weighted by molar-refractivity contribution is 5.83. The van der Waals surface area contributed by atoms with E-state index in [9.17, 15) is 14.3 Å². The molecule has 2 heterocycles. The number of oxazole rings is 1. The number of methoxy groups -OCH3 is 1. The molecule has 7 nitrogen and oxygen atoms in total. The predicted octanol–water partition coefficient (Wildman–Crippen LogP) is 1.36. The topological polar surface area (TPSA) is 100 Å². The van der Waals surface area contributed by atoms with Crippen molar-refractivity contribution in [3.8, 4) is 5.75 Å². The average molecular weight is 347 g/mol. The third-order valence-corrected chi connectivity index (χ3v) is 3.83. The number of pyridine rings is 1. The van der Waals surface area contributed by atoms with Gasteiger partial charge in [0.2, 0.25) is 0 Å². The van der Waals surface area contributed by atoms with Gasteiger partial charge in [0.05, 0.1) is 24.9 Å². The molecule has 25 heavy (non-hydrogen) atoms. The standard InChI is InChI=1S/C17H18FN3O4/c1-24-11-2-3-16-13(5-11)14(15(18)9-20-16)8-19-6-10(22)4-12-7-21-17(23)25-12/h2-3,5,7,9-10,19,22H,4,6,8H2,1H3,(H,21,23). The largest absolute Gasteiger partial charge is 0.497 e. The summed E-state index contributed by atoms with van der Waals surface area (Å²) < 4.78 is 24.2. The lowest BCUT2D eigenvalue weighted by molar-refractivity contribution is 0.163. The van der Waals surface area contributed by atoms with Crippen LogP contribution in [0.15, 0.2) is 39.8 Å². The van der Waals surface area contributed by atoms with Crippen LogP contribution in [0.4, 0.5) is 4.39 Å². The van der Waals surface area contributed by atoms with E-state index in [1.54, 1.807) is 25.3 Å². The number of fused-ring (bicyclic) bond motifs is 1. The van der Waals surface area contributed by atoms with Gasteiger partial charge in [-0.05, 0) is 18.2 Å². The molecule has 0 radical (unpaired) electrons. The first kappa shape index (κ1) is 17.1. The van der Waals surface area contributed by atoms with E-state index in [0.29, 0.717) is 28.0 Å². The number of H-pyrrole nitrogens is 1. The minimum Gasteiger partial charge on any atom is -0.497 e. The van der Waals surface area contributed by atoms with E-state index < -0.39 is 17.7 Å². The summed E-state index contributed by atoms with van der Waals surface area (Å²) >= 11 is 0. The summed E-state index contributed by atoms with van der Waals surface area (Å²) in [5.74, 6) is -0.0120. The summed E-state index contributed by atoms with van der Waals surface area (Å²) in [7, 11) is 1.54. The Labute approximate surface area is 142 Å². The van der Waals surface area contributed by atoms with E-state index in [4.69, 9.17) is 9.15 Å². The maximum absolute atomic E-state index is 14.2. The number of halogens is 1. The van der Waals surface area contributed by atoms with Crippen molar-refractivity contribution in [3.63, 3.8) is 0 Å². The van der Waals surface area contributed by atoms with Gasteiger partial charge >= 0.3 is 5.76 Å². The third-order valence-electron chi connectivity index (χ3n) is 3.83. The summed E-state index contributed by atoms with van der Waals surface area (Å²) in [6.07, 6.45) is 1.99. The molecule has 1 atom stereocenters. The SMILES string of the molecule is COc1ccc2ncc(F)c(CNCC(O)Cc3c[nH]c(=O)o3)c2c1. The lowest BCUT2D eigenvalue weighted by atomic mass is 10.1. The first-order valence-corrected chi connectivity index (χ1v) is 7.74. The molecule has 3 rings (SSSR count). The normalized spacial score (nSPS) is 12.4. The summed E-state index contributed by atoms with van der Waals surface area (Å²) in [5, 5.41) is 13.7. The number of aromatic nitrogens is 2. The number of ether oxygens (including phenoxy) is 1. The van der Waals surface area contributed by atoms with Crippen molar-refractivity contribution in [2.75, 3.05) is 13.7 Å². The fraction of sp³-hybridized carbons (Fsp3) is 0.294. The number of aliphatic hydroxyl groups excluding tert-OH is 1. The number of benzene rings is 1. The van der Waals surface area contributed by atoms with E-state index in [1.165, 1.54) is 12.4 Å². The van der Waals surface area contributed by atoms with Gasteiger partial charge in [-0.1, -0.05) is 0 Å². The second-order valence-corrected chi connectivity index (χ2v) is 5.60. The van der Waals surface area contributed by atoms with Crippen molar-refractivity contribution in [2.45, 2.75) is 19.1 Å². The Kier molecular flexibility index (Phi) is 5.11. The van der Waals surface area contributed by atoms with Crippen LogP contribution in [0, 0.1) is 5.82 Å². The number of aliphatic hydroxyl groups is 1. The molecule has 1 aromatic carbocycles. The molecule has 0 saturated carbocycles. The van der Waals surface area contributed by atoms with Crippen LogP contribution in [0.2, 0.25) is 0 Å². The molecule has 0 saturated heterocycles. The number of aromatic amines is 1. The molecular weight excluding hydrogens is 329 g/mol. The fourth-order valence-electron chi connectivity index (χ4n) is 2.60. The van der Waals surface area contributed by atoms with Crippen LogP contribution in [0.1, 0.15) is 11.3 Å². The molecule has 0 fully saturated rings. The predicted molar refractivity (Wildman–Crippen MR) is 89.0 cm³/mol. The van der Waals surface area contributed by atoms with Gasteiger partial charge in [-0.2, -0.15) is 0 Å². The number of hydrogen-bond acceptors (Lipinski definition) is 6. The highest BCUT2D eigenvalue weighted by Crippen LogP contribution is 2.24. The maximum Gasteiger partial charge on any atom is 0.416 e. The maximum atomic E-state index is 14.2. The first-order valence-electron chi connectivity index (χ1n) is 7.74. The molecular formula is C17H18FN3O4. The molecule has 3 aromatic rings. The van der Waals surface area contributed by atoms with Gasteiger partial charge < -0.3 is 19.6 Å². The Morgan fingerprint density at radius 1 is 1.48 bits per heavy atom. The van der Waals surface area contributed by atoms with Gasteiger partial charge in [0.15, 0.2) is 0 Å². The van der Waals surface area contributed by atoms with Crippen LogP contribution in [-0.4, -0.2) is 34.8 Å². The zero-order valence-corrected chi connectivity index (χ0v) is 13.6. The van der Waals surface area contributed by atoms with Gasteiger partial charge in [-0.3, -0.25) is 9.97 Å². The van der Waals surface area contributed by atoms with Crippen molar-refractivity contribution >= 4 is 10.9 Å². The van der Waals surface area contributed by atoms with E-state index in [-0.39, 0.29) is 19.5 Å². The molecule has 132 valence electrons. The van der Waals surface area contributed by atoms with Crippen molar-refractivity contribution in [1.82, 2.24) is 15.3 Å². The fourth-order valence-corrected chi connectivity index (χ4v) is 2.60. The number of hydrogen-bond donors (Lipinski definition) is 3. The van der Waals surface area contributed by atoms with E-state index in [1.807, 2.05) is 0 Å². The van der Waals surface area contributed by atoms with Gasteiger partial charge in [0.1, 0.15) is 17.3 Å². The summed E-state index contributed by atoms with van der Waals surface area (Å²) in [5.41, 5.74) is 1.11. The van der Waals surface area contributed by atoms with Crippen molar-refractivity contribution in [1.29, 1.82) is 0 Å². The van der Waals surface area contributed by atoms with Crippen LogP contribution in [0.3, 0.4) is 0 Å². The minimum absolute atomic E-state index is 0.180. The smallest absolute Gasteiger partial charge is 0.416 e. The molecule has 0 bridgehead atoms. The first-order chi connectivity index (χ1) is 12.1. The van der Waals surface area contributed by atoms with Crippen LogP contribution in [0.5, 0.6) is 5.75 Å². The van der Waals surface area contributed by atoms with Gasteiger partial charge in [0.25, 0.3) is 0 Å². The number of nitrogens with zero attached hydrogens (tertiary/aromatic N) is 1. The van der Waals surface area contributed by atoms with Crippen LogP contribution in [-0.2, 0) is 13.0 Å². The second-order valence-electron chi connectivity index (χ2n) is 5.60. The zero-order valence-electron chi connectivity index (χ0n) is 13.6. The van der Waals surface area contributed by atoms with Crippen LogP contribution >= 0.6 is 0 Å². The Bertz CT molecular complexity index is 922. The molecule has 3 N–H and O–H groups in total. The van der Waals surface area contributed by atoms with Crippen molar-refractivity contribution < 1.29 is 18.7 Å².